The fourth-order valence-corrected chi connectivity index (χ4v) is 5.15. The van der Waals surface area contributed by atoms with Crippen LogP contribution in [-0.4, -0.2) is 24.3 Å². The molecule has 0 aromatic heterocycles. The summed E-state index contributed by atoms with van der Waals surface area (Å²) in [4.78, 5) is 60.8. The summed E-state index contributed by atoms with van der Waals surface area (Å²) in [5, 5.41) is 0. The Morgan fingerprint density at radius 2 is 0.872 bits per heavy atom. The van der Waals surface area contributed by atoms with Crippen LogP contribution >= 0.6 is 24.1 Å². The van der Waals surface area contributed by atoms with E-state index in [1.54, 1.807) is 85.0 Å². The van der Waals surface area contributed by atoms with Crippen LogP contribution in [0.5, 0.6) is 0 Å². The van der Waals surface area contributed by atoms with Gasteiger partial charge >= 0.3 is 0 Å². The Kier molecular flexibility index (Phi) is 9.42. The molecule has 4 aromatic rings. The number of carbonyl (C=O) groups excluding carboxylic acids is 4. The molecule has 0 N–H and O–H groups in total. The lowest BCUT2D eigenvalue weighted by Crippen LogP contribution is -1.86. The van der Waals surface area contributed by atoms with Crippen LogP contribution in [0.4, 0.5) is 22.7 Å². The van der Waals surface area contributed by atoms with Gasteiger partial charge < -0.3 is 0 Å². The first-order chi connectivity index (χ1) is 19.2. The maximum atomic E-state index is 11.3. The summed E-state index contributed by atoms with van der Waals surface area (Å²) in [6.07, 6.45) is 6.12. The quantitative estimate of drug-likeness (QED) is 0.113. The van der Waals surface area contributed by atoms with E-state index < -0.39 is 0 Å². The molecule has 4 aromatic carbocycles. The highest BCUT2D eigenvalue weighted by Gasteiger charge is 2.19. The van der Waals surface area contributed by atoms with E-state index in [1.165, 1.54) is 12.2 Å². The average Bonchev–Trinajstić information content (AvgIpc) is 2.97. The van der Waals surface area contributed by atoms with Gasteiger partial charge in [-0.05, 0) is 35.4 Å². The minimum Gasteiger partial charge on any atom is -0.237 e. The fraction of sp³-hybridized carbons (Fsp3) is 0. The van der Waals surface area contributed by atoms with Gasteiger partial charge in [-0.25, -0.2) is 22.8 Å². The first-order valence-electron chi connectivity index (χ1n) is 11.0. The maximum absolute atomic E-state index is 11.3. The van der Waals surface area contributed by atoms with Crippen molar-refractivity contribution in [1.29, 1.82) is 0 Å². The predicted molar refractivity (Wildman–Crippen MR) is 148 cm³/mol. The zero-order valence-electron chi connectivity index (χ0n) is 19.7. The Hall–Kier alpha value is -4.94. The number of isocyanates is 4. The van der Waals surface area contributed by atoms with Gasteiger partial charge in [0.05, 0.1) is 21.2 Å². The Morgan fingerprint density at radius 1 is 0.487 bits per heavy atom. The van der Waals surface area contributed by atoms with Crippen molar-refractivity contribution in [3.05, 3.63) is 84.9 Å². The fourth-order valence-electron chi connectivity index (χ4n) is 3.72. The maximum Gasteiger partial charge on any atom is 0.240 e. The number of rotatable bonds is 10. The van der Waals surface area contributed by atoms with E-state index in [4.69, 9.17) is 3.63 Å². The third-order valence-electron chi connectivity index (χ3n) is 5.26. The van der Waals surface area contributed by atoms with Crippen molar-refractivity contribution in [3.63, 3.8) is 0 Å². The highest BCUT2D eigenvalue weighted by molar-refractivity contribution is 8.08. The van der Waals surface area contributed by atoms with E-state index >= 15 is 0 Å². The van der Waals surface area contributed by atoms with Crippen molar-refractivity contribution in [2.24, 2.45) is 20.0 Å². The highest BCUT2D eigenvalue weighted by atomic mass is 32.2. The monoisotopic (exact) mass is 550 g/mol. The third kappa shape index (κ3) is 6.32. The zero-order chi connectivity index (χ0) is 27.5. The highest BCUT2D eigenvalue weighted by Crippen LogP contribution is 2.48. The number of benzene rings is 4. The second kappa shape index (κ2) is 13.6. The lowest BCUT2D eigenvalue weighted by atomic mass is 10.0. The number of aliphatic imine (C=N–C) groups is 4. The number of nitrogens with zero attached hydrogens (tertiary/aromatic N) is 4. The summed E-state index contributed by atoms with van der Waals surface area (Å²) in [6.45, 7) is 0. The van der Waals surface area contributed by atoms with Gasteiger partial charge in [-0.2, -0.15) is 20.0 Å². The van der Waals surface area contributed by atoms with Gasteiger partial charge in [-0.15, -0.1) is 0 Å². The molecule has 0 unspecified atom stereocenters. The van der Waals surface area contributed by atoms with Crippen molar-refractivity contribution >= 4 is 71.2 Å². The van der Waals surface area contributed by atoms with Crippen LogP contribution in [0.3, 0.4) is 0 Å². The summed E-state index contributed by atoms with van der Waals surface area (Å²) >= 11 is 1.77. The zero-order valence-corrected chi connectivity index (χ0v) is 21.4. The first kappa shape index (κ1) is 27.1. The molecule has 0 bridgehead atoms. The summed E-state index contributed by atoms with van der Waals surface area (Å²) in [5.74, 6) is 0. The van der Waals surface area contributed by atoms with Gasteiger partial charge in [0.15, 0.2) is 0 Å². The molecule has 0 aliphatic carbocycles. The minimum atomic E-state index is 0.199. The molecule has 39 heavy (non-hydrogen) atoms. The summed E-state index contributed by atoms with van der Waals surface area (Å²) < 4.78 is 5.80. The lowest BCUT2D eigenvalue weighted by Gasteiger charge is -2.13. The largest absolute Gasteiger partial charge is 0.240 e. The standard InChI is InChI=1S/C28H14N4O5S2/c33-15-29-21-11-13-23(27(31-17-35)25(21)19-7-3-1-4-8-19)38-37-39-24-14-12-22(30-16-34)26(28(24)32-18-36)20-9-5-2-6-10-20/h1-14H. The van der Waals surface area contributed by atoms with E-state index in [1.807, 2.05) is 12.1 Å². The van der Waals surface area contributed by atoms with Crippen LogP contribution in [0.25, 0.3) is 22.3 Å². The first-order valence-corrected chi connectivity index (χ1v) is 12.5. The van der Waals surface area contributed by atoms with Crippen molar-refractivity contribution < 1.29 is 22.8 Å². The van der Waals surface area contributed by atoms with Gasteiger partial charge in [0.25, 0.3) is 0 Å². The molecule has 4 rings (SSSR count). The van der Waals surface area contributed by atoms with Crippen molar-refractivity contribution in [3.8, 4) is 22.3 Å². The van der Waals surface area contributed by atoms with Crippen LogP contribution in [0.15, 0.2) is 115 Å². The van der Waals surface area contributed by atoms with Crippen molar-refractivity contribution in [1.82, 2.24) is 0 Å². The summed E-state index contributed by atoms with van der Waals surface area (Å²) in [6, 6.07) is 24.3. The molecule has 0 aliphatic rings. The minimum absolute atomic E-state index is 0.199. The lowest BCUT2D eigenvalue weighted by molar-refractivity contribution is 0.564. The molecule has 0 fully saturated rings. The van der Waals surface area contributed by atoms with Gasteiger partial charge in [0.1, 0.15) is 11.4 Å². The smallest absolute Gasteiger partial charge is 0.237 e. The molecule has 0 atom stereocenters. The Labute approximate surface area is 230 Å². The Balaban J connectivity index is 1.73. The molecule has 0 saturated carbocycles. The molecule has 0 heterocycles. The predicted octanol–water partition coefficient (Wildman–Crippen LogP) is 7.62. The molecule has 0 saturated heterocycles. The number of hydrogen-bond acceptors (Lipinski definition) is 11. The second-order valence-electron chi connectivity index (χ2n) is 7.39. The van der Waals surface area contributed by atoms with E-state index in [9.17, 15) is 19.2 Å². The summed E-state index contributed by atoms with van der Waals surface area (Å²) in [7, 11) is 0. The topological polar surface area (TPSA) is 127 Å². The molecule has 9 nitrogen and oxygen atoms in total. The van der Waals surface area contributed by atoms with Crippen LogP contribution in [0.2, 0.25) is 0 Å². The van der Waals surface area contributed by atoms with Crippen LogP contribution < -0.4 is 0 Å². The Bertz CT molecular complexity index is 1580. The molecule has 0 amide bonds. The molecule has 0 aliphatic heterocycles. The summed E-state index contributed by atoms with van der Waals surface area (Å²) in [5.41, 5.74) is 3.11. The second-order valence-corrected chi connectivity index (χ2v) is 9.15. The molecule has 11 heteroatoms. The van der Waals surface area contributed by atoms with Gasteiger partial charge in [-0.3, -0.25) is 0 Å². The van der Waals surface area contributed by atoms with E-state index in [2.05, 4.69) is 20.0 Å². The van der Waals surface area contributed by atoms with E-state index in [0.717, 1.165) is 24.1 Å². The normalized spacial score (nSPS) is 9.85. The van der Waals surface area contributed by atoms with Crippen molar-refractivity contribution in [2.75, 3.05) is 0 Å². The molecular formula is C28H14N4O5S2. The third-order valence-corrected chi connectivity index (χ3v) is 6.82. The average molecular weight is 551 g/mol. The Morgan fingerprint density at radius 3 is 1.23 bits per heavy atom. The van der Waals surface area contributed by atoms with Crippen LogP contribution in [0.1, 0.15) is 0 Å². The number of hydrogen-bond donors (Lipinski definition) is 0. The van der Waals surface area contributed by atoms with Gasteiger partial charge in [-0.1, -0.05) is 60.7 Å². The van der Waals surface area contributed by atoms with Gasteiger partial charge in [0.2, 0.25) is 24.3 Å². The van der Waals surface area contributed by atoms with Crippen molar-refractivity contribution in [2.45, 2.75) is 9.79 Å². The van der Waals surface area contributed by atoms with Crippen LogP contribution in [0, 0.1) is 0 Å². The van der Waals surface area contributed by atoms with Gasteiger partial charge in [0, 0.05) is 35.2 Å². The molecule has 0 spiro atoms. The SMILES string of the molecule is O=C=Nc1ccc(SOSc2ccc(N=C=O)c(-c3ccccc3)c2N=C=O)c(N=C=O)c1-c1ccccc1. The van der Waals surface area contributed by atoms with E-state index in [0.29, 0.717) is 32.0 Å². The van der Waals surface area contributed by atoms with Crippen LogP contribution in [-0.2, 0) is 22.8 Å². The molecular weight excluding hydrogens is 536 g/mol. The van der Waals surface area contributed by atoms with E-state index in [-0.39, 0.29) is 22.7 Å². The molecule has 0 radical (unpaired) electrons. The molecule has 188 valence electrons.